The van der Waals surface area contributed by atoms with E-state index < -0.39 is 0 Å². The third-order valence-corrected chi connectivity index (χ3v) is 5.35. The van der Waals surface area contributed by atoms with Gasteiger partial charge in [-0.05, 0) is 18.4 Å². The second kappa shape index (κ2) is 6.31. The monoisotopic (exact) mass is 343 g/mol. The predicted octanol–water partition coefficient (Wildman–Crippen LogP) is 3.77. The van der Waals surface area contributed by atoms with E-state index in [4.69, 9.17) is 16.3 Å². The quantitative estimate of drug-likeness (QED) is 0.903. The van der Waals surface area contributed by atoms with Crippen LogP contribution in [0.25, 0.3) is 0 Å². The van der Waals surface area contributed by atoms with Crippen LogP contribution in [0.3, 0.4) is 0 Å². The van der Waals surface area contributed by atoms with E-state index in [1.807, 2.05) is 17.7 Å². The van der Waals surface area contributed by atoms with Crippen molar-refractivity contribution < 1.29 is 9.53 Å². The third-order valence-electron chi connectivity index (χ3n) is 3.13. The van der Waals surface area contributed by atoms with Gasteiger partial charge in [0.2, 0.25) is 0 Å². The number of hydrogen-bond acceptors (Lipinski definition) is 5. The zero-order chi connectivity index (χ0) is 14.8. The molecule has 3 heterocycles. The fourth-order valence-electron chi connectivity index (χ4n) is 2.08. The van der Waals surface area contributed by atoms with Crippen LogP contribution < -0.4 is 5.32 Å². The van der Waals surface area contributed by atoms with Gasteiger partial charge < -0.3 is 15.0 Å². The van der Waals surface area contributed by atoms with Crippen molar-refractivity contribution in [1.82, 2.24) is 9.88 Å². The second-order valence-corrected chi connectivity index (χ2v) is 7.08. The number of thiazole rings is 1. The number of halogens is 1. The van der Waals surface area contributed by atoms with E-state index in [2.05, 4.69) is 10.3 Å². The van der Waals surface area contributed by atoms with E-state index in [0.29, 0.717) is 29.7 Å². The van der Waals surface area contributed by atoms with Crippen LogP contribution in [0.1, 0.15) is 16.8 Å². The number of rotatable bonds is 2. The molecule has 0 aliphatic carbocycles. The van der Waals surface area contributed by atoms with E-state index in [9.17, 15) is 4.79 Å². The van der Waals surface area contributed by atoms with Crippen LogP contribution in [0.5, 0.6) is 0 Å². The summed E-state index contributed by atoms with van der Waals surface area (Å²) in [4.78, 5) is 18.5. The van der Waals surface area contributed by atoms with Gasteiger partial charge in [-0.25, -0.2) is 9.78 Å². The van der Waals surface area contributed by atoms with Gasteiger partial charge in [0.05, 0.1) is 18.8 Å². The smallest absolute Gasteiger partial charge is 0.322 e. The summed E-state index contributed by atoms with van der Waals surface area (Å²) in [5.74, 6) is 0. The molecule has 2 aromatic rings. The molecule has 0 spiro atoms. The maximum absolute atomic E-state index is 12.3. The van der Waals surface area contributed by atoms with Crippen LogP contribution in [0.15, 0.2) is 16.8 Å². The molecule has 3 rings (SSSR count). The lowest BCUT2D eigenvalue weighted by atomic mass is 10.3. The summed E-state index contributed by atoms with van der Waals surface area (Å²) in [5.41, 5.74) is 1.63. The molecule has 0 bridgehead atoms. The Kier molecular flexibility index (Phi) is 4.44. The van der Waals surface area contributed by atoms with Crippen LogP contribution in [-0.2, 0) is 4.74 Å². The number of urea groups is 1. The molecule has 5 nitrogen and oxygen atoms in total. The van der Waals surface area contributed by atoms with E-state index in [0.717, 1.165) is 10.7 Å². The molecule has 1 fully saturated rings. The number of anilines is 1. The molecule has 2 aromatic heterocycles. The fraction of sp³-hybridized carbons (Fsp3) is 0.385. The van der Waals surface area contributed by atoms with Gasteiger partial charge in [0.25, 0.3) is 0 Å². The number of amides is 2. The molecule has 8 heteroatoms. The molecular weight excluding hydrogens is 330 g/mol. The highest BCUT2D eigenvalue weighted by molar-refractivity contribution is 7.15. The first-order chi connectivity index (χ1) is 10.1. The minimum atomic E-state index is -0.156. The van der Waals surface area contributed by atoms with Crippen molar-refractivity contribution in [1.29, 1.82) is 0 Å². The number of hydrogen-bond donors (Lipinski definition) is 1. The lowest BCUT2D eigenvalue weighted by Crippen LogP contribution is -2.44. The number of carbonyl (C=O) groups is 1. The van der Waals surface area contributed by atoms with Gasteiger partial charge in [-0.1, -0.05) is 11.6 Å². The van der Waals surface area contributed by atoms with Gasteiger partial charge >= 0.3 is 6.03 Å². The van der Waals surface area contributed by atoms with Gasteiger partial charge in [0.1, 0.15) is 15.4 Å². The Morgan fingerprint density at radius 3 is 3.10 bits per heavy atom. The van der Waals surface area contributed by atoms with Crippen LogP contribution in [0.4, 0.5) is 10.5 Å². The Morgan fingerprint density at radius 1 is 1.57 bits per heavy atom. The molecule has 1 atom stereocenters. The SMILES string of the molecule is Cc1csc([C@@H]2CN(C(=O)Nc3ccsc3Cl)CCO2)n1. The van der Waals surface area contributed by atoms with Crippen LogP contribution >= 0.6 is 34.3 Å². The summed E-state index contributed by atoms with van der Waals surface area (Å²) in [5, 5.41) is 7.58. The minimum absolute atomic E-state index is 0.152. The highest BCUT2D eigenvalue weighted by Gasteiger charge is 2.27. The molecule has 0 unspecified atom stereocenters. The standard InChI is InChI=1S/C13H14ClN3O2S2/c1-8-7-21-12(15-8)10-6-17(3-4-19-10)13(18)16-9-2-5-20-11(9)14/h2,5,7,10H,3-4,6H2,1H3,(H,16,18)/t10-/m0/s1. The number of nitrogens with zero attached hydrogens (tertiary/aromatic N) is 2. The molecule has 2 amide bonds. The van der Waals surface area contributed by atoms with Gasteiger partial charge in [-0.2, -0.15) is 0 Å². The summed E-state index contributed by atoms with van der Waals surface area (Å²) < 4.78 is 6.31. The zero-order valence-corrected chi connectivity index (χ0v) is 13.7. The highest BCUT2D eigenvalue weighted by atomic mass is 35.5. The molecule has 1 aliphatic rings. The third kappa shape index (κ3) is 3.37. The predicted molar refractivity (Wildman–Crippen MR) is 85.5 cm³/mol. The fourth-order valence-corrected chi connectivity index (χ4v) is 3.75. The Hall–Kier alpha value is -1.15. The van der Waals surface area contributed by atoms with Crippen LogP contribution in [0, 0.1) is 6.92 Å². The molecule has 1 N–H and O–H groups in total. The summed E-state index contributed by atoms with van der Waals surface area (Å²) in [7, 11) is 0. The zero-order valence-electron chi connectivity index (χ0n) is 11.3. The van der Waals surface area contributed by atoms with Gasteiger partial charge in [-0.3, -0.25) is 0 Å². The summed E-state index contributed by atoms with van der Waals surface area (Å²) >= 11 is 8.96. The summed E-state index contributed by atoms with van der Waals surface area (Å²) in [6, 6.07) is 1.64. The van der Waals surface area contributed by atoms with Gasteiger partial charge in [0.15, 0.2) is 0 Å². The number of aryl methyl sites for hydroxylation is 1. The summed E-state index contributed by atoms with van der Waals surface area (Å²) in [6.45, 7) is 3.52. The topological polar surface area (TPSA) is 54.5 Å². The number of aromatic nitrogens is 1. The van der Waals surface area contributed by atoms with Gasteiger partial charge in [-0.15, -0.1) is 22.7 Å². The molecule has 112 valence electrons. The normalized spacial score (nSPS) is 18.8. The van der Waals surface area contributed by atoms with Crippen molar-refractivity contribution in [3.05, 3.63) is 31.9 Å². The maximum Gasteiger partial charge on any atom is 0.322 e. The van der Waals surface area contributed by atoms with Crippen molar-refractivity contribution >= 4 is 46.0 Å². The molecule has 21 heavy (non-hydrogen) atoms. The molecular formula is C13H14ClN3O2S2. The Morgan fingerprint density at radius 2 is 2.43 bits per heavy atom. The molecule has 0 aromatic carbocycles. The van der Waals surface area contributed by atoms with Crippen molar-refractivity contribution in [2.75, 3.05) is 25.0 Å². The van der Waals surface area contributed by atoms with E-state index in [1.54, 1.807) is 22.3 Å². The van der Waals surface area contributed by atoms with E-state index in [-0.39, 0.29) is 12.1 Å². The lowest BCUT2D eigenvalue weighted by Gasteiger charge is -2.31. The van der Waals surface area contributed by atoms with Crippen molar-refractivity contribution in [3.8, 4) is 0 Å². The average molecular weight is 344 g/mol. The molecule has 1 aliphatic heterocycles. The minimum Gasteiger partial charge on any atom is -0.367 e. The maximum atomic E-state index is 12.3. The molecule has 0 radical (unpaired) electrons. The molecule has 1 saturated heterocycles. The lowest BCUT2D eigenvalue weighted by molar-refractivity contribution is -0.0136. The number of thiophene rings is 1. The first-order valence-corrected chi connectivity index (χ1v) is 8.60. The number of carbonyl (C=O) groups excluding carboxylic acids is 1. The van der Waals surface area contributed by atoms with Crippen molar-refractivity contribution in [2.45, 2.75) is 13.0 Å². The van der Waals surface area contributed by atoms with Crippen LogP contribution in [-0.4, -0.2) is 35.6 Å². The number of morpholine rings is 1. The first kappa shape index (κ1) is 14.8. The summed E-state index contributed by atoms with van der Waals surface area (Å²) in [6.07, 6.45) is -0.152. The van der Waals surface area contributed by atoms with Crippen molar-refractivity contribution in [3.63, 3.8) is 0 Å². The molecule has 0 saturated carbocycles. The van der Waals surface area contributed by atoms with Gasteiger partial charge in [0, 0.05) is 17.6 Å². The van der Waals surface area contributed by atoms with Crippen LogP contribution in [0.2, 0.25) is 4.34 Å². The Labute approximate surface area is 135 Å². The highest BCUT2D eigenvalue weighted by Crippen LogP contribution is 2.29. The number of nitrogens with one attached hydrogen (secondary N) is 1. The second-order valence-electron chi connectivity index (χ2n) is 4.67. The average Bonchev–Trinajstić information content (AvgIpc) is 3.08. The van der Waals surface area contributed by atoms with E-state index >= 15 is 0 Å². The first-order valence-electron chi connectivity index (χ1n) is 6.46. The Balaban J connectivity index is 1.65. The van der Waals surface area contributed by atoms with E-state index in [1.165, 1.54) is 11.3 Å². The van der Waals surface area contributed by atoms with Crippen molar-refractivity contribution in [2.24, 2.45) is 0 Å². The Bertz CT molecular complexity index is 643. The largest absolute Gasteiger partial charge is 0.367 e. The number of ether oxygens (including phenoxy) is 1.